The normalized spacial score (nSPS) is 31.0. The first-order chi connectivity index (χ1) is 33.9. The van der Waals surface area contributed by atoms with E-state index in [1.165, 1.54) is 40.4 Å². The summed E-state index contributed by atoms with van der Waals surface area (Å²) in [5.41, 5.74) is -6.62. The molecule has 7 rings (SSSR count). The molecule has 1 amide bonds. The molecule has 2 bridgehead atoms. The fraction of sp³-hybridized carbons (Fsp3) is 0.685. The van der Waals surface area contributed by atoms with Crippen LogP contribution in [0.5, 0.6) is 11.5 Å². The first kappa shape index (κ1) is 55.8. The van der Waals surface area contributed by atoms with Gasteiger partial charge in [-0.05, 0) is 85.8 Å². The number of hydrogen-bond donors (Lipinski definition) is 2. The van der Waals surface area contributed by atoms with Crippen molar-refractivity contribution in [2.75, 3.05) is 20.8 Å². The van der Waals surface area contributed by atoms with Gasteiger partial charge < -0.3 is 61.9 Å². The van der Waals surface area contributed by atoms with E-state index in [1.807, 2.05) is 6.92 Å². The molecule has 0 unspecified atom stereocenters. The number of ether oxygens (including phenoxy) is 9. The van der Waals surface area contributed by atoms with Crippen LogP contribution in [0.4, 0.5) is 4.79 Å². The molecule has 19 heteroatoms. The second kappa shape index (κ2) is 20.0. The van der Waals surface area contributed by atoms with E-state index in [-0.39, 0.29) is 46.7 Å². The van der Waals surface area contributed by atoms with Crippen LogP contribution in [0.1, 0.15) is 139 Å². The highest BCUT2D eigenvalue weighted by Gasteiger charge is 2.82. The molecule has 0 radical (unpaired) electrons. The maximum Gasteiger partial charge on any atom is 0.408 e. The van der Waals surface area contributed by atoms with Gasteiger partial charge in [-0.25, -0.2) is 14.4 Å². The summed E-state index contributed by atoms with van der Waals surface area (Å²) in [4.78, 5) is 71.4. The molecule has 0 spiro atoms. The predicted octanol–water partition coefficient (Wildman–Crippen LogP) is 8.48. The number of fused-ring (bicyclic) bond motifs is 4. The van der Waals surface area contributed by atoms with Crippen molar-refractivity contribution in [2.24, 2.45) is 16.7 Å². The summed E-state index contributed by atoms with van der Waals surface area (Å²) in [7, 11) is -0.197. The lowest BCUT2D eigenvalue weighted by Crippen LogP contribution is -2.86. The van der Waals surface area contributed by atoms with Gasteiger partial charge in [-0.1, -0.05) is 62.3 Å². The van der Waals surface area contributed by atoms with Crippen LogP contribution >= 0.6 is 0 Å². The minimum atomic E-state index is -3.05. The van der Waals surface area contributed by atoms with Crippen LogP contribution in [0.15, 0.2) is 52.2 Å². The summed E-state index contributed by atoms with van der Waals surface area (Å²) >= 11 is 0. The zero-order valence-electron chi connectivity index (χ0n) is 45.5. The zero-order chi connectivity index (χ0) is 54.1. The fourth-order valence-corrected chi connectivity index (χ4v) is 18.9. The molecule has 73 heavy (non-hydrogen) atoms. The van der Waals surface area contributed by atoms with Crippen molar-refractivity contribution in [1.29, 1.82) is 0 Å². The minimum Gasteiger partial charge on any atom is -0.497 e. The van der Waals surface area contributed by atoms with Crippen molar-refractivity contribution in [3.05, 3.63) is 59.1 Å². The van der Waals surface area contributed by atoms with Crippen LogP contribution in [-0.2, 0) is 52.0 Å². The Hall–Kier alpha value is -4.95. The van der Waals surface area contributed by atoms with E-state index in [0.717, 1.165) is 0 Å². The van der Waals surface area contributed by atoms with Crippen LogP contribution in [0.25, 0.3) is 0 Å². The van der Waals surface area contributed by atoms with Gasteiger partial charge in [0.25, 0.3) is 0 Å². The molecule has 1 aromatic heterocycles. The summed E-state index contributed by atoms with van der Waals surface area (Å²) in [6.45, 7) is 27.1. The molecule has 1 aromatic carbocycles. The SMILES string of the molecule is COc1ccc(OC)c(C(=O)O[C@H]2[C@@H]3[C@]4(OC(C)=O)CO[C@@H]4C[C@H]4O[C@@H]([C@H](OC(C)=O)C5=C(C)[C@@H](OC(=O)[C@H](O[Si](C(C)C)(C(C)C)C(C)C)[C@@H](NC(=O)OC(C)(C)C)c6ccco6)C[C@]2(O)C5(C)C)[C@@]34C)c1. The van der Waals surface area contributed by atoms with E-state index in [4.69, 9.17) is 51.5 Å². The average molecular weight is 1040 g/mol. The highest BCUT2D eigenvalue weighted by atomic mass is 28.4. The largest absolute Gasteiger partial charge is 0.497 e. The van der Waals surface area contributed by atoms with Crippen LogP contribution in [-0.4, -0.2) is 124 Å². The number of esters is 4. The molecule has 5 aliphatic rings. The fourth-order valence-electron chi connectivity index (χ4n) is 13.4. The molecule has 4 fully saturated rings. The minimum absolute atomic E-state index is 0.0229. The molecule has 18 nitrogen and oxygen atoms in total. The van der Waals surface area contributed by atoms with Crippen molar-refractivity contribution in [2.45, 2.75) is 199 Å². The van der Waals surface area contributed by atoms with Gasteiger partial charge in [-0.2, -0.15) is 0 Å². The molecule has 3 aliphatic carbocycles. The first-order valence-corrected chi connectivity index (χ1v) is 27.5. The Bertz CT molecular complexity index is 2440. The lowest BCUT2D eigenvalue weighted by atomic mass is 9.42. The molecule has 2 N–H and O–H groups in total. The first-order valence-electron chi connectivity index (χ1n) is 25.4. The van der Waals surface area contributed by atoms with Gasteiger partial charge in [0.2, 0.25) is 8.32 Å². The Morgan fingerprint density at radius 1 is 0.877 bits per heavy atom. The maximum atomic E-state index is 15.7. The number of methoxy groups -OCH3 is 2. The molecule has 2 aromatic rings. The van der Waals surface area contributed by atoms with E-state index in [2.05, 4.69) is 46.9 Å². The van der Waals surface area contributed by atoms with E-state index < -0.39 is 127 Å². The Morgan fingerprint density at radius 2 is 1.53 bits per heavy atom. The van der Waals surface area contributed by atoms with Gasteiger partial charge in [0.1, 0.15) is 64.5 Å². The number of amides is 1. The second-order valence-electron chi connectivity index (χ2n) is 23.2. The summed E-state index contributed by atoms with van der Waals surface area (Å²) < 4.78 is 69.4. The van der Waals surface area contributed by atoms with Crippen molar-refractivity contribution in [1.82, 2.24) is 5.32 Å². The Labute approximate surface area is 429 Å². The van der Waals surface area contributed by atoms with Gasteiger partial charge >= 0.3 is 30.0 Å². The number of rotatable bonds is 16. The average Bonchev–Trinajstić information content (AvgIpc) is 3.82. The molecule has 2 saturated heterocycles. The predicted molar refractivity (Wildman–Crippen MR) is 266 cm³/mol. The lowest BCUT2D eigenvalue weighted by molar-refractivity contribution is -0.416. The molecular formula is C54H77NO17Si. The summed E-state index contributed by atoms with van der Waals surface area (Å²) in [6.07, 6.45) is -7.55. The third-order valence-corrected chi connectivity index (χ3v) is 22.7. The summed E-state index contributed by atoms with van der Waals surface area (Å²) in [5.74, 6) is -3.53. The third kappa shape index (κ3) is 9.36. The van der Waals surface area contributed by atoms with Crippen molar-refractivity contribution in [3.63, 3.8) is 0 Å². The number of benzene rings is 1. The molecule has 3 heterocycles. The van der Waals surface area contributed by atoms with Crippen LogP contribution in [0.2, 0.25) is 16.6 Å². The van der Waals surface area contributed by atoms with Crippen LogP contribution < -0.4 is 14.8 Å². The number of furan rings is 1. The summed E-state index contributed by atoms with van der Waals surface area (Å²) in [6, 6.07) is 6.61. The number of carbonyl (C=O) groups is 5. The van der Waals surface area contributed by atoms with Gasteiger partial charge in [-0.3, -0.25) is 9.59 Å². The summed E-state index contributed by atoms with van der Waals surface area (Å²) in [5, 5.41) is 17.2. The number of hydrogen-bond acceptors (Lipinski definition) is 17. The van der Waals surface area contributed by atoms with Crippen molar-refractivity contribution in [3.8, 4) is 11.5 Å². The van der Waals surface area contributed by atoms with Gasteiger partial charge in [0.05, 0.1) is 39.1 Å². The van der Waals surface area contributed by atoms with Crippen molar-refractivity contribution >= 4 is 38.3 Å². The van der Waals surface area contributed by atoms with Crippen molar-refractivity contribution < 1.29 is 80.6 Å². The Morgan fingerprint density at radius 3 is 2.05 bits per heavy atom. The zero-order valence-corrected chi connectivity index (χ0v) is 46.5. The number of nitrogens with one attached hydrogen (secondary N) is 1. The Balaban J connectivity index is 1.46. The number of aliphatic hydroxyl groups is 1. The van der Waals surface area contributed by atoms with E-state index in [9.17, 15) is 19.5 Å². The second-order valence-corrected chi connectivity index (χ2v) is 28.6. The van der Waals surface area contributed by atoms with E-state index in [0.29, 0.717) is 16.9 Å². The monoisotopic (exact) mass is 1040 g/mol. The molecule has 12 atom stereocenters. The molecule has 2 saturated carbocycles. The molecule has 2 aliphatic heterocycles. The standard InChI is InChI=1S/C54H77NO17Si/c1-27(2)73(28(3)4,29(5)6)72-43(41(36-19-18-22-64-36)55-49(60)71-50(10,11)12)48(59)67-37-25-54(61)46(69-47(58)34-23-33(62-16)20-21-35(34)63-17)44-52(15)38(24-39-53(44,26-65-39)70-32(9)57)68-45(52)42(66-31(8)56)40(30(37)7)51(54,13)14/h18-23,27-29,37-39,41-46,61H,24-26H2,1-17H3,(H,55,60)/t37-,38+,39+,41-,42+,43+,44-,45-,46-,52+,53-,54+/m0/s1. The highest BCUT2D eigenvalue weighted by Crippen LogP contribution is 2.69. The van der Waals surface area contributed by atoms with Gasteiger partial charge in [0, 0.05) is 37.5 Å². The third-order valence-electron chi connectivity index (χ3n) is 16.6. The Kier molecular flexibility index (Phi) is 15.3. The highest BCUT2D eigenvalue weighted by molar-refractivity contribution is 6.77. The topological polar surface area (TPSA) is 223 Å². The van der Waals surface area contributed by atoms with E-state index in [1.54, 1.807) is 65.8 Å². The van der Waals surface area contributed by atoms with Gasteiger partial charge in [0.15, 0.2) is 17.8 Å². The quantitative estimate of drug-likeness (QED) is 0.0696. The number of carbonyl (C=O) groups excluding carboxylic acids is 5. The van der Waals surface area contributed by atoms with Crippen LogP contribution in [0.3, 0.4) is 0 Å². The molecular weight excluding hydrogens is 963 g/mol. The van der Waals surface area contributed by atoms with Crippen LogP contribution in [0, 0.1) is 16.7 Å². The van der Waals surface area contributed by atoms with E-state index >= 15 is 9.59 Å². The maximum absolute atomic E-state index is 15.7. The van der Waals surface area contributed by atoms with Gasteiger partial charge in [-0.15, -0.1) is 0 Å². The number of alkyl carbamates (subject to hydrolysis) is 1. The smallest absolute Gasteiger partial charge is 0.408 e. The molecule has 404 valence electrons. The lowest BCUT2D eigenvalue weighted by Gasteiger charge is -2.74.